The molecule has 0 saturated heterocycles. The predicted molar refractivity (Wildman–Crippen MR) is 63.7 cm³/mol. The van der Waals surface area contributed by atoms with Gasteiger partial charge in [-0.15, -0.1) is 0 Å². The Morgan fingerprint density at radius 2 is 2.35 bits per heavy atom. The quantitative estimate of drug-likeness (QED) is 0.584. The molecule has 1 unspecified atom stereocenters. The smallest absolute Gasteiger partial charge is 0.115 e. The maximum absolute atomic E-state index is 5.57. The molecular formula is C11H16N6. The minimum Gasteiger partial charge on any atom is -0.272 e. The van der Waals surface area contributed by atoms with Crippen LogP contribution in [0, 0.1) is 6.92 Å². The summed E-state index contributed by atoms with van der Waals surface area (Å²) in [5.41, 5.74) is 5.76. The van der Waals surface area contributed by atoms with Crippen molar-refractivity contribution in [3.63, 3.8) is 0 Å². The topological polar surface area (TPSA) is 81.6 Å². The molecule has 1 atom stereocenters. The fourth-order valence-electron chi connectivity index (χ4n) is 1.82. The van der Waals surface area contributed by atoms with Crippen LogP contribution in [0.1, 0.15) is 23.1 Å². The van der Waals surface area contributed by atoms with Crippen molar-refractivity contribution in [1.82, 2.24) is 25.2 Å². The zero-order valence-corrected chi connectivity index (χ0v) is 9.96. The Morgan fingerprint density at radius 1 is 1.53 bits per heavy atom. The van der Waals surface area contributed by atoms with E-state index in [9.17, 15) is 0 Å². The molecule has 0 bridgehead atoms. The van der Waals surface area contributed by atoms with Crippen molar-refractivity contribution in [1.29, 1.82) is 0 Å². The van der Waals surface area contributed by atoms with Crippen molar-refractivity contribution >= 4 is 0 Å². The summed E-state index contributed by atoms with van der Waals surface area (Å²) in [4.78, 5) is 8.09. The molecule has 17 heavy (non-hydrogen) atoms. The highest BCUT2D eigenvalue weighted by atomic mass is 15.3. The van der Waals surface area contributed by atoms with Crippen molar-refractivity contribution < 1.29 is 0 Å². The van der Waals surface area contributed by atoms with Gasteiger partial charge in [-0.25, -0.2) is 9.97 Å². The van der Waals surface area contributed by atoms with E-state index in [-0.39, 0.29) is 6.04 Å². The lowest BCUT2D eigenvalue weighted by molar-refractivity contribution is 0.517. The molecule has 6 nitrogen and oxygen atoms in total. The monoisotopic (exact) mass is 232 g/mol. The standard InChI is InChI=1S/C11H16N6/c1-8-5-9(17(2)16-8)6-11(15-12)10-3-4-13-7-14-10/h3-5,7,11,15H,6,12H2,1-2H3. The maximum Gasteiger partial charge on any atom is 0.115 e. The van der Waals surface area contributed by atoms with E-state index in [1.54, 1.807) is 6.20 Å². The molecular weight excluding hydrogens is 216 g/mol. The average Bonchev–Trinajstić information content (AvgIpc) is 2.66. The molecule has 3 N–H and O–H groups in total. The summed E-state index contributed by atoms with van der Waals surface area (Å²) < 4.78 is 1.86. The maximum atomic E-state index is 5.57. The van der Waals surface area contributed by atoms with Crippen LogP contribution < -0.4 is 11.3 Å². The molecule has 0 amide bonds. The first kappa shape index (κ1) is 11.7. The molecule has 2 heterocycles. The second-order valence-corrected chi connectivity index (χ2v) is 3.96. The molecule has 0 aliphatic rings. The number of aromatic nitrogens is 4. The van der Waals surface area contributed by atoms with Gasteiger partial charge in [0.2, 0.25) is 0 Å². The van der Waals surface area contributed by atoms with Crippen LogP contribution in [0.5, 0.6) is 0 Å². The van der Waals surface area contributed by atoms with Gasteiger partial charge in [0.1, 0.15) is 6.33 Å². The van der Waals surface area contributed by atoms with Crippen LogP contribution in [0.4, 0.5) is 0 Å². The van der Waals surface area contributed by atoms with Crippen LogP contribution in [-0.2, 0) is 13.5 Å². The first-order chi connectivity index (χ1) is 8.20. The highest BCUT2D eigenvalue weighted by Gasteiger charge is 2.14. The van der Waals surface area contributed by atoms with Gasteiger partial charge in [0.25, 0.3) is 0 Å². The Bertz CT molecular complexity index is 478. The van der Waals surface area contributed by atoms with E-state index in [1.807, 2.05) is 30.8 Å². The summed E-state index contributed by atoms with van der Waals surface area (Å²) in [7, 11) is 1.93. The second-order valence-electron chi connectivity index (χ2n) is 3.96. The number of rotatable bonds is 4. The zero-order chi connectivity index (χ0) is 12.3. The third-order valence-electron chi connectivity index (χ3n) is 2.68. The van der Waals surface area contributed by atoms with E-state index in [2.05, 4.69) is 20.5 Å². The largest absolute Gasteiger partial charge is 0.272 e. The van der Waals surface area contributed by atoms with Gasteiger partial charge in [-0.3, -0.25) is 16.0 Å². The highest BCUT2D eigenvalue weighted by Crippen LogP contribution is 2.15. The minimum absolute atomic E-state index is 0.0344. The lowest BCUT2D eigenvalue weighted by Gasteiger charge is -2.14. The summed E-state index contributed by atoms with van der Waals surface area (Å²) >= 11 is 0. The Hall–Kier alpha value is -1.79. The van der Waals surface area contributed by atoms with Gasteiger partial charge in [-0.05, 0) is 19.1 Å². The highest BCUT2D eigenvalue weighted by molar-refractivity contribution is 5.14. The molecule has 0 aromatic carbocycles. The Morgan fingerprint density at radius 3 is 2.88 bits per heavy atom. The van der Waals surface area contributed by atoms with Crippen molar-refractivity contribution in [3.8, 4) is 0 Å². The predicted octanol–water partition coefficient (Wildman–Crippen LogP) is 0.266. The number of aryl methyl sites for hydroxylation is 2. The van der Waals surface area contributed by atoms with E-state index < -0.39 is 0 Å². The number of nitrogens with two attached hydrogens (primary N) is 1. The van der Waals surface area contributed by atoms with Gasteiger partial charge in [0, 0.05) is 25.4 Å². The van der Waals surface area contributed by atoms with E-state index in [1.165, 1.54) is 6.33 Å². The Labute approximate surface area is 99.9 Å². The molecule has 0 aliphatic heterocycles. The third-order valence-corrected chi connectivity index (χ3v) is 2.68. The first-order valence-corrected chi connectivity index (χ1v) is 5.42. The number of hydrogen-bond acceptors (Lipinski definition) is 5. The molecule has 0 radical (unpaired) electrons. The van der Waals surface area contributed by atoms with Crippen LogP contribution in [-0.4, -0.2) is 19.7 Å². The summed E-state index contributed by atoms with van der Waals surface area (Å²) in [5, 5.41) is 4.31. The number of nitrogens with zero attached hydrogens (tertiary/aromatic N) is 4. The van der Waals surface area contributed by atoms with Gasteiger partial charge in [0.15, 0.2) is 0 Å². The van der Waals surface area contributed by atoms with Crippen molar-refractivity contribution in [3.05, 3.63) is 41.7 Å². The lowest BCUT2D eigenvalue weighted by atomic mass is 10.1. The van der Waals surface area contributed by atoms with E-state index in [4.69, 9.17) is 5.84 Å². The number of hydrazine groups is 1. The molecule has 0 saturated carbocycles. The number of hydrogen-bond donors (Lipinski definition) is 2. The van der Waals surface area contributed by atoms with E-state index >= 15 is 0 Å². The number of nitrogens with one attached hydrogen (secondary N) is 1. The van der Waals surface area contributed by atoms with E-state index in [0.29, 0.717) is 0 Å². The van der Waals surface area contributed by atoms with Gasteiger partial charge < -0.3 is 0 Å². The molecule has 90 valence electrons. The lowest BCUT2D eigenvalue weighted by Crippen LogP contribution is -2.30. The van der Waals surface area contributed by atoms with Gasteiger partial charge in [-0.2, -0.15) is 5.10 Å². The minimum atomic E-state index is -0.0344. The third kappa shape index (κ3) is 2.66. The summed E-state index contributed by atoms with van der Waals surface area (Å²) in [6, 6.07) is 3.87. The van der Waals surface area contributed by atoms with Gasteiger partial charge in [-0.1, -0.05) is 0 Å². The molecule has 0 spiro atoms. The van der Waals surface area contributed by atoms with E-state index in [0.717, 1.165) is 23.5 Å². The molecule has 2 rings (SSSR count). The first-order valence-electron chi connectivity index (χ1n) is 5.42. The Balaban J connectivity index is 2.18. The SMILES string of the molecule is Cc1cc(CC(NN)c2ccncn2)n(C)n1. The van der Waals surface area contributed by atoms with Crippen molar-refractivity contribution in [2.75, 3.05) is 0 Å². The van der Waals surface area contributed by atoms with Crippen LogP contribution >= 0.6 is 0 Å². The Kier molecular flexibility index (Phi) is 3.46. The van der Waals surface area contributed by atoms with Crippen LogP contribution in [0.3, 0.4) is 0 Å². The molecule has 2 aromatic rings. The van der Waals surface area contributed by atoms with Crippen molar-refractivity contribution in [2.24, 2.45) is 12.9 Å². The molecule has 6 heteroatoms. The van der Waals surface area contributed by atoms with Gasteiger partial charge in [0.05, 0.1) is 17.4 Å². The molecule has 2 aromatic heterocycles. The second kappa shape index (κ2) is 5.03. The van der Waals surface area contributed by atoms with Crippen LogP contribution in [0.15, 0.2) is 24.7 Å². The summed E-state index contributed by atoms with van der Waals surface area (Å²) in [5.74, 6) is 5.57. The normalized spacial score (nSPS) is 12.6. The summed E-state index contributed by atoms with van der Waals surface area (Å²) in [6.07, 6.45) is 3.97. The molecule has 0 fully saturated rings. The average molecular weight is 232 g/mol. The van der Waals surface area contributed by atoms with Gasteiger partial charge >= 0.3 is 0 Å². The summed E-state index contributed by atoms with van der Waals surface area (Å²) in [6.45, 7) is 1.97. The van der Waals surface area contributed by atoms with Crippen LogP contribution in [0.2, 0.25) is 0 Å². The van der Waals surface area contributed by atoms with Crippen molar-refractivity contribution in [2.45, 2.75) is 19.4 Å². The zero-order valence-electron chi connectivity index (χ0n) is 9.96. The fourth-order valence-corrected chi connectivity index (χ4v) is 1.82. The molecule has 0 aliphatic carbocycles. The van der Waals surface area contributed by atoms with Crippen LogP contribution in [0.25, 0.3) is 0 Å². The fraction of sp³-hybridized carbons (Fsp3) is 0.364.